The second kappa shape index (κ2) is 12.9. The first kappa shape index (κ1) is 24.7. The normalized spacial score (nSPS) is 11.9. The molecule has 1 atom stereocenters. The quantitative estimate of drug-likeness (QED) is 0.473. The zero-order chi connectivity index (χ0) is 22.6. The van der Waals surface area contributed by atoms with Gasteiger partial charge in [0.05, 0.1) is 19.8 Å². The third-order valence-corrected chi connectivity index (χ3v) is 5.06. The molecule has 2 aromatic carbocycles. The second-order valence-corrected chi connectivity index (χ2v) is 7.23. The van der Waals surface area contributed by atoms with Crippen molar-refractivity contribution in [3.8, 4) is 11.5 Å². The van der Waals surface area contributed by atoms with Crippen LogP contribution in [-0.2, 0) is 17.8 Å². The number of benzene rings is 2. The van der Waals surface area contributed by atoms with Gasteiger partial charge in [0, 0.05) is 19.6 Å². The molecule has 0 spiro atoms. The van der Waals surface area contributed by atoms with Crippen LogP contribution in [-0.4, -0.2) is 62.5 Å². The van der Waals surface area contributed by atoms with E-state index in [9.17, 15) is 9.90 Å². The van der Waals surface area contributed by atoms with Crippen molar-refractivity contribution < 1.29 is 24.1 Å². The maximum absolute atomic E-state index is 11.5. The maximum atomic E-state index is 11.5. The van der Waals surface area contributed by atoms with Gasteiger partial charge in [-0.15, -0.1) is 0 Å². The first-order valence-corrected chi connectivity index (χ1v) is 10.6. The van der Waals surface area contributed by atoms with E-state index < -0.39 is 6.10 Å². The maximum Gasteiger partial charge on any atom is 0.337 e. The van der Waals surface area contributed by atoms with Crippen LogP contribution in [0.25, 0.3) is 0 Å². The van der Waals surface area contributed by atoms with Gasteiger partial charge in [0.1, 0.15) is 12.7 Å². The summed E-state index contributed by atoms with van der Waals surface area (Å²) in [5.74, 6) is 0.912. The van der Waals surface area contributed by atoms with Crippen molar-refractivity contribution in [1.29, 1.82) is 0 Å². The van der Waals surface area contributed by atoms with E-state index in [1.54, 1.807) is 19.2 Å². The first-order chi connectivity index (χ1) is 15.0. The van der Waals surface area contributed by atoms with Gasteiger partial charge in [-0.05, 0) is 48.5 Å². The Morgan fingerprint density at radius 1 is 1.00 bits per heavy atom. The number of hydrogen-bond donors (Lipinski definition) is 2. The highest BCUT2D eigenvalue weighted by molar-refractivity contribution is 5.89. The minimum absolute atomic E-state index is 0.214. The molecule has 0 heterocycles. The molecule has 0 aromatic heterocycles. The molecule has 170 valence electrons. The summed E-state index contributed by atoms with van der Waals surface area (Å²) in [5.41, 5.74) is 2.66. The Kier molecular flexibility index (Phi) is 10.3. The van der Waals surface area contributed by atoms with Crippen molar-refractivity contribution in [2.45, 2.75) is 33.0 Å². The van der Waals surface area contributed by atoms with Crippen molar-refractivity contribution in [2.75, 3.05) is 40.5 Å². The molecule has 0 radical (unpaired) electrons. The van der Waals surface area contributed by atoms with Gasteiger partial charge in [-0.3, -0.25) is 0 Å². The number of esters is 1. The topological polar surface area (TPSA) is 80.3 Å². The molecular weight excluding hydrogens is 396 g/mol. The van der Waals surface area contributed by atoms with Gasteiger partial charge in [0.15, 0.2) is 11.5 Å². The zero-order valence-corrected chi connectivity index (χ0v) is 18.9. The number of rotatable bonds is 13. The van der Waals surface area contributed by atoms with E-state index in [2.05, 4.69) is 24.1 Å². The van der Waals surface area contributed by atoms with Crippen molar-refractivity contribution in [1.82, 2.24) is 10.2 Å². The molecule has 0 fully saturated rings. The lowest BCUT2D eigenvalue weighted by atomic mass is 10.1. The number of carbonyl (C=O) groups is 1. The monoisotopic (exact) mass is 430 g/mol. The van der Waals surface area contributed by atoms with E-state index in [0.717, 1.165) is 24.2 Å². The number of nitrogens with zero attached hydrogens (tertiary/aromatic N) is 1. The third kappa shape index (κ3) is 7.86. The summed E-state index contributed by atoms with van der Waals surface area (Å²) in [6.45, 7) is 8.06. The fraction of sp³-hybridized carbons (Fsp3) is 0.458. The lowest BCUT2D eigenvalue weighted by Gasteiger charge is -2.22. The lowest BCUT2D eigenvalue weighted by molar-refractivity contribution is 0.0600. The minimum atomic E-state index is -0.559. The molecule has 0 aliphatic heterocycles. The molecule has 0 unspecified atom stereocenters. The third-order valence-electron chi connectivity index (χ3n) is 5.06. The molecule has 0 saturated heterocycles. The summed E-state index contributed by atoms with van der Waals surface area (Å²) >= 11 is 0. The molecule has 31 heavy (non-hydrogen) atoms. The Labute approximate surface area is 184 Å². The zero-order valence-electron chi connectivity index (χ0n) is 18.9. The van der Waals surface area contributed by atoms with Crippen LogP contribution in [0, 0.1) is 0 Å². The number of aliphatic hydroxyl groups excluding tert-OH is 1. The number of methoxy groups -OCH3 is 2. The average Bonchev–Trinajstić information content (AvgIpc) is 2.81. The molecule has 0 saturated carbocycles. The van der Waals surface area contributed by atoms with Crippen LogP contribution in [0.4, 0.5) is 0 Å². The predicted octanol–water partition coefficient (Wildman–Crippen LogP) is 2.85. The van der Waals surface area contributed by atoms with Crippen LogP contribution in [0.15, 0.2) is 42.5 Å². The van der Waals surface area contributed by atoms with E-state index in [0.29, 0.717) is 36.7 Å². The predicted molar refractivity (Wildman–Crippen MR) is 121 cm³/mol. The van der Waals surface area contributed by atoms with Crippen LogP contribution < -0.4 is 14.8 Å². The van der Waals surface area contributed by atoms with E-state index in [1.165, 1.54) is 7.11 Å². The Bertz CT molecular complexity index is 806. The van der Waals surface area contributed by atoms with Crippen LogP contribution in [0.3, 0.4) is 0 Å². The van der Waals surface area contributed by atoms with Gasteiger partial charge < -0.3 is 29.5 Å². The van der Waals surface area contributed by atoms with Gasteiger partial charge in [-0.1, -0.05) is 32.0 Å². The number of carbonyl (C=O) groups excluding carboxylic acids is 1. The number of nitrogens with one attached hydrogen (secondary N) is 1. The standard InChI is InChI=1S/C24H34N2O5/c1-5-26(6-2)16-21(27)17-31-22-12-9-19(13-23(22)29-3)15-25-14-18-7-10-20(11-8-18)24(28)30-4/h7-13,21,25,27H,5-6,14-17H2,1-4H3/t21-/m0/s1. The molecule has 0 amide bonds. The van der Waals surface area contributed by atoms with E-state index in [1.807, 2.05) is 30.3 Å². The molecular formula is C24H34N2O5. The van der Waals surface area contributed by atoms with E-state index in [-0.39, 0.29) is 12.6 Å². The number of likely N-dealkylation sites (N-methyl/N-ethyl adjacent to an activating group) is 1. The summed E-state index contributed by atoms with van der Waals surface area (Å²) in [6, 6.07) is 13.1. The summed E-state index contributed by atoms with van der Waals surface area (Å²) in [5, 5.41) is 13.6. The summed E-state index contributed by atoms with van der Waals surface area (Å²) in [7, 11) is 2.98. The molecule has 0 bridgehead atoms. The molecule has 2 N–H and O–H groups in total. The average molecular weight is 431 g/mol. The van der Waals surface area contributed by atoms with E-state index >= 15 is 0 Å². The van der Waals surface area contributed by atoms with Crippen LogP contribution in [0.1, 0.15) is 35.3 Å². The highest BCUT2D eigenvalue weighted by atomic mass is 16.5. The minimum Gasteiger partial charge on any atom is -0.493 e. The van der Waals surface area contributed by atoms with Gasteiger partial charge in [0.25, 0.3) is 0 Å². The SMILES string of the molecule is CCN(CC)C[C@H](O)COc1ccc(CNCc2ccc(C(=O)OC)cc2)cc1OC. The molecule has 7 nitrogen and oxygen atoms in total. The Hall–Kier alpha value is -2.61. The highest BCUT2D eigenvalue weighted by Crippen LogP contribution is 2.28. The van der Waals surface area contributed by atoms with Gasteiger partial charge in [0.2, 0.25) is 0 Å². The molecule has 2 rings (SSSR count). The van der Waals surface area contributed by atoms with Crippen molar-refractivity contribution in [3.63, 3.8) is 0 Å². The van der Waals surface area contributed by atoms with Crippen molar-refractivity contribution in [3.05, 3.63) is 59.2 Å². The Morgan fingerprint density at radius 2 is 1.65 bits per heavy atom. The molecule has 0 aliphatic carbocycles. The Balaban J connectivity index is 1.86. The van der Waals surface area contributed by atoms with Gasteiger partial charge in [-0.25, -0.2) is 4.79 Å². The number of aliphatic hydroxyl groups is 1. The lowest BCUT2D eigenvalue weighted by Crippen LogP contribution is -2.35. The molecule has 0 aliphatic rings. The van der Waals surface area contributed by atoms with Crippen molar-refractivity contribution in [2.24, 2.45) is 0 Å². The van der Waals surface area contributed by atoms with Crippen LogP contribution in [0.2, 0.25) is 0 Å². The number of hydrogen-bond acceptors (Lipinski definition) is 7. The summed E-state index contributed by atoms with van der Waals surface area (Å²) < 4.78 is 16.0. The van der Waals surface area contributed by atoms with Crippen LogP contribution >= 0.6 is 0 Å². The number of ether oxygens (including phenoxy) is 3. The fourth-order valence-electron chi connectivity index (χ4n) is 3.19. The largest absolute Gasteiger partial charge is 0.493 e. The van der Waals surface area contributed by atoms with Gasteiger partial charge in [-0.2, -0.15) is 0 Å². The second-order valence-electron chi connectivity index (χ2n) is 7.23. The summed E-state index contributed by atoms with van der Waals surface area (Å²) in [6.07, 6.45) is -0.559. The van der Waals surface area contributed by atoms with Gasteiger partial charge >= 0.3 is 5.97 Å². The van der Waals surface area contributed by atoms with Crippen molar-refractivity contribution >= 4 is 5.97 Å². The smallest absolute Gasteiger partial charge is 0.337 e. The molecule has 7 heteroatoms. The molecule has 2 aromatic rings. The first-order valence-electron chi connectivity index (χ1n) is 10.6. The van der Waals surface area contributed by atoms with E-state index in [4.69, 9.17) is 14.2 Å². The highest BCUT2D eigenvalue weighted by Gasteiger charge is 2.12. The van der Waals surface area contributed by atoms with Crippen LogP contribution in [0.5, 0.6) is 11.5 Å². The fourth-order valence-corrected chi connectivity index (χ4v) is 3.19. The Morgan fingerprint density at radius 3 is 2.26 bits per heavy atom. The summed E-state index contributed by atoms with van der Waals surface area (Å²) in [4.78, 5) is 13.7.